The van der Waals surface area contributed by atoms with E-state index in [1.807, 2.05) is 18.2 Å². The van der Waals surface area contributed by atoms with E-state index in [4.69, 9.17) is 13.6 Å². The predicted octanol–water partition coefficient (Wildman–Crippen LogP) is 3.31. The molecule has 0 aliphatic carbocycles. The number of carbonyl (C=O) groups is 1. The van der Waals surface area contributed by atoms with Crippen molar-refractivity contribution in [2.24, 2.45) is 0 Å². The SMILES string of the molecule is C=CC(=O)OCCC[Si](OCCC)(OCCC)c1ccccc1. The van der Waals surface area contributed by atoms with Crippen LogP contribution in [0.25, 0.3) is 0 Å². The second kappa shape index (κ2) is 11.2. The molecule has 0 fully saturated rings. The Morgan fingerprint density at radius 3 is 2.22 bits per heavy atom. The lowest BCUT2D eigenvalue weighted by Gasteiger charge is -2.31. The van der Waals surface area contributed by atoms with Gasteiger partial charge in [-0.2, -0.15) is 0 Å². The summed E-state index contributed by atoms with van der Waals surface area (Å²) in [5.41, 5.74) is 0. The fourth-order valence-electron chi connectivity index (χ4n) is 2.26. The molecule has 0 spiro atoms. The number of hydrogen-bond acceptors (Lipinski definition) is 4. The third-order valence-corrected chi connectivity index (χ3v) is 6.92. The van der Waals surface area contributed by atoms with Crippen molar-refractivity contribution in [3.63, 3.8) is 0 Å². The van der Waals surface area contributed by atoms with Crippen LogP contribution in [0.1, 0.15) is 33.1 Å². The zero-order valence-corrected chi connectivity index (χ0v) is 15.3. The summed E-state index contributed by atoms with van der Waals surface area (Å²) >= 11 is 0. The van der Waals surface area contributed by atoms with Crippen molar-refractivity contribution < 1.29 is 18.4 Å². The standard InChI is InChI=1S/C18H28O4Si/c1-4-13-21-23(22-14-5-2,17-11-8-7-9-12-17)16-10-15-20-18(19)6-3/h6-9,11-12H,3-5,10,13-16H2,1-2H3. The number of esters is 1. The first-order chi connectivity index (χ1) is 11.2. The molecule has 0 amide bonds. The van der Waals surface area contributed by atoms with Gasteiger partial charge in [-0.15, -0.1) is 0 Å². The Balaban J connectivity index is 2.83. The maximum atomic E-state index is 11.2. The third-order valence-electron chi connectivity index (χ3n) is 3.35. The molecule has 5 heteroatoms. The summed E-state index contributed by atoms with van der Waals surface area (Å²) in [6, 6.07) is 10.9. The molecule has 0 atom stereocenters. The zero-order valence-electron chi connectivity index (χ0n) is 14.3. The van der Waals surface area contributed by atoms with E-state index >= 15 is 0 Å². The van der Waals surface area contributed by atoms with E-state index in [2.05, 4.69) is 32.6 Å². The maximum Gasteiger partial charge on any atom is 0.372 e. The average molecular weight is 337 g/mol. The van der Waals surface area contributed by atoms with Gasteiger partial charge in [0.2, 0.25) is 0 Å². The van der Waals surface area contributed by atoms with Crippen LogP contribution in [0.2, 0.25) is 6.04 Å². The third kappa shape index (κ3) is 6.68. The van der Waals surface area contributed by atoms with Crippen molar-refractivity contribution >= 4 is 19.7 Å². The van der Waals surface area contributed by atoms with Crippen LogP contribution >= 0.6 is 0 Å². The van der Waals surface area contributed by atoms with E-state index in [9.17, 15) is 4.79 Å². The highest BCUT2D eigenvalue weighted by Crippen LogP contribution is 2.18. The van der Waals surface area contributed by atoms with Crippen LogP contribution in [0, 0.1) is 0 Å². The van der Waals surface area contributed by atoms with Crippen LogP contribution in [0.3, 0.4) is 0 Å². The minimum Gasteiger partial charge on any atom is -0.463 e. The monoisotopic (exact) mass is 336 g/mol. The fraction of sp³-hybridized carbons (Fsp3) is 0.500. The zero-order chi connectivity index (χ0) is 17.0. The lowest BCUT2D eigenvalue weighted by Crippen LogP contribution is -2.54. The average Bonchev–Trinajstić information content (AvgIpc) is 2.61. The van der Waals surface area contributed by atoms with Crippen molar-refractivity contribution in [1.29, 1.82) is 0 Å². The Bertz CT molecular complexity index is 453. The molecule has 0 saturated carbocycles. The predicted molar refractivity (Wildman–Crippen MR) is 94.9 cm³/mol. The molecule has 1 aromatic rings. The first kappa shape index (κ1) is 19.6. The molecule has 23 heavy (non-hydrogen) atoms. The Labute approximate surface area is 140 Å². The van der Waals surface area contributed by atoms with E-state index in [0.717, 1.165) is 24.1 Å². The second-order valence-electron chi connectivity index (χ2n) is 5.29. The van der Waals surface area contributed by atoms with Gasteiger partial charge >= 0.3 is 14.5 Å². The summed E-state index contributed by atoms with van der Waals surface area (Å²) in [6.45, 7) is 9.30. The first-order valence-electron chi connectivity index (χ1n) is 8.31. The smallest absolute Gasteiger partial charge is 0.372 e. The molecule has 0 radical (unpaired) electrons. The molecule has 128 valence electrons. The van der Waals surface area contributed by atoms with Gasteiger partial charge in [0, 0.05) is 19.3 Å². The van der Waals surface area contributed by atoms with Gasteiger partial charge in [0.05, 0.1) is 6.61 Å². The fourth-order valence-corrected chi connectivity index (χ4v) is 5.63. The van der Waals surface area contributed by atoms with Crippen LogP contribution in [0.5, 0.6) is 0 Å². The lowest BCUT2D eigenvalue weighted by molar-refractivity contribution is -0.137. The van der Waals surface area contributed by atoms with E-state index in [1.54, 1.807) is 0 Å². The molecular formula is C18H28O4Si. The minimum atomic E-state index is -2.51. The van der Waals surface area contributed by atoms with Gasteiger partial charge in [0.15, 0.2) is 0 Å². The highest BCUT2D eigenvalue weighted by molar-refractivity contribution is 6.81. The molecular weight excluding hydrogens is 308 g/mol. The van der Waals surface area contributed by atoms with Crippen LogP contribution < -0.4 is 5.19 Å². The van der Waals surface area contributed by atoms with Crippen molar-refractivity contribution in [3.8, 4) is 0 Å². The molecule has 0 N–H and O–H groups in total. The number of benzene rings is 1. The van der Waals surface area contributed by atoms with Gasteiger partial charge in [0.25, 0.3) is 0 Å². The van der Waals surface area contributed by atoms with Crippen LogP contribution in [0.15, 0.2) is 43.0 Å². The lowest BCUT2D eigenvalue weighted by atomic mass is 10.4. The summed E-state index contributed by atoms with van der Waals surface area (Å²) < 4.78 is 17.6. The Morgan fingerprint density at radius 2 is 1.70 bits per heavy atom. The van der Waals surface area contributed by atoms with Gasteiger partial charge in [-0.05, 0) is 30.5 Å². The maximum absolute atomic E-state index is 11.2. The topological polar surface area (TPSA) is 44.8 Å². The van der Waals surface area contributed by atoms with E-state index in [0.29, 0.717) is 26.2 Å². The molecule has 1 rings (SSSR count). The number of hydrogen-bond donors (Lipinski definition) is 0. The number of carbonyl (C=O) groups excluding carboxylic acids is 1. The Morgan fingerprint density at radius 1 is 1.09 bits per heavy atom. The van der Waals surface area contributed by atoms with Crippen LogP contribution in [0.4, 0.5) is 0 Å². The van der Waals surface area contributed by atoms with E-state index < -0.39 is 8.56 Å². The van der Waals surface area contributed by atoms with E-state index in [1.165, 1.54) is 6.08 Å². The van der Waals surface area contributed by atoms with Gasteiger partial charge in [-0.25, -0.2) is 4.79 Å². The van der Waals surface area contributed by atoms with E-state index in [-0.39, 0.29) is 5.97 Å². The van der Waals surface area contributed by atoms with Crippen LogP contribution in [-0.4, -0.2) is 34.4 Å². The number of ether oxygens (including phenoxy) is 1. The molecule has 0 saturated heterocycles. The van der Waals surface area contributed by atoms with Crippen LogP contribution in [-0.2, 0) is 18.4 Å². The van der Waals surface area contributed by atoms with Gasteiger partial charge in [0.1, 0.15) is 0 Å². The Hall–Kier alpha value is -1.43. The summed E-state index contributed by atoms with van der Waals surface area (Å²) in [4.78, 5) is 11.2. The van der Waals surface area contributed by atoms with Gasteiger partial charge in [-0.1, -0.05) is 50.8 Å². The molecule has 4 nitrogen and oxygen atoms in total. The quantitative estimate of drug-likeness (QED) is 0.254. The van der Waals surface area contributed by atoms with Crippen molar-refractivity contribution in [2.75, 3.05) is 19.8 Å². The number of rotatable bonds is 12. The van der Waals surface area contributed by atoms with Gasteiger partial charge in [-0.3, -0.25) is 0 Å². The minimum absolute atomic E-state index is 0.359. The highest BCUT2D eigenvalue weighted by Gasteiger charge is 2.39. The van der Waals surface area contributed by atoms with Crippen molar-refractivity contribution in [1.82, 2.24) is 0 Å². The summed E-state index contributed by atoms with van der Waals surface area (Å²) in [7, 11) is -2.51. The highest BCUT2D eigenvalue weighted by atomic mass is 28.4. The molecule has 0 heterocycles. The van der Waals surface area contributed by atoms with Crippen molar-refractivity contribution in [2.45, 2.75) is 39.2 Å². The molecule has 0 aliphatic heterocycles. The first-order valence-corrected chi connectivity index (χ1v) is 10.3. The normalized spacial score (nSPS) is 11.2. The largest absolute Gasteiger partial charge is 0.463 e. The molecule has 0 aromatic heterocycles. The van der Waals surface area contributed by atoms with Gasteiger partial charge < -0.3 is 13.6 Å². The molecule has 1 aromatic carbocycles. The second-order valence-corrected chi connectivity index (χ2v) is 8.45. The molecule has 0 unspecified atom stereocenters. The van der Waals surface area contributed by atoms with Crippen molar-refractivity contribution in [3.05, 3.63) is 43.0 Å². The summed E-state index contributed by atoms with van der Waals surface area (Å²) in [6.07, 6.45) is 3.79. The Kier molecular flexibility index (Phi) is 9.51. The molecule has 0 aliphatic rings. The summed E-state index contributed by atoms with van der Waals surface area (Å²) in [5, 5.41) is 1.14. The summed E-state index contributed by atoms with van der Waals surface area (Å²) in [5.74, 6) is -0.388. The molecule has 0 bridgehead atoms.